The number of carbonyl (C=O) groups is 4. The number of alkyl carbamates (subject to hydrolysis) is 1. The first kappa shape index (κ1) is 24.4. The number of hydrogen-bond donors (Lipinski definition) is 3. The quantitative estimate of drug-likeness (QED) is 0.553. The number of aryl methyl sites for hydroxylation is 1. The van der Waals surface area contributed by atoms with Gasteiger partial charge < -0.3 is 20.7 Å². The molecule has 1 aromatic carbocycles. The molecule has 0 fully saturated rings. The summed E-state index contributed by atoms with van der Waals surface area (Å²) in [6.45, 7) is 3.84. The molecule has 0 bridgehead atoms. The lowest BCUT2D eigenvalue weighted by atomic mass is 9.99. The van der Waals surface area contributed by atoms with E-state index in [1.54, 1.807) is 20.0 Å². The van der Waals surface area contributed by atoms with Gasteiger partial charge in [-0.3, -0.25) is 14.4 Å². The normalized spacial score (nSPS) is 17.5. The number of nitrogens with zero attached hydrogens (tertiary/aromatic N) is 1. The van der Waals surface area contributed by atoms with Crippen LogP contribution in [0.5, 0.6) is 0 Å². The van der Waals surface area contributed by atoms with Crippen molar-refractivity contribution in [2.24, 2.45) is 5.92 Å². The van der Waals surface area contributed by atoms with E-state index in [4.69, 9.17) is 4.74 Å². The second-order valence-corrected chi connectivity index (χ2v) is 9.09. The van der Waals surface area contributed by atoms with E-state index in [2.05, 4.69) is 20.3 Å². The highest BCUT2D eigenvalue weighted by Crippen LogP contribution is 2.18. The minimum atomic E-state index is -0.977. The van der Waals surface area contributed by atoms with Gasteiger partial charge in [0.25, 0.3) is 5.91 Å². The smallest absolute Gasteiger partial charge is 0.408 e. The zero-order chi connectivity index (χ0) is 23.8. The molecule has 33 heavy (non-hydrogen) atoms. The van der Waals surface area contributed by atoms with Crippen LogP contribution in [0, 0.1) is 5.92 Å². The van der Waals surface area contributed by atoms with Gasteiger partial charge >= 0.3 is 6.09 Å². The average Bonchev–Trinajstić information content (AvgIpc) is 3.25. The van der Waals surface area contributed by atoms with Crippen LogP contribution in [-0.2, 0) is 38.7 Å². The van der Waals surface area contributed by atoms with Gasteiger partial charge in [-0.25, -0.2) is 9.17 Å². The second-order valence-electron chi connectivity index (χ2n) is 8.20. The zero-order valence-corrected chi connectivity index (χ0v) is 19.4. The summed E-state index contributed by atoms with van der Waals surface area (Å²) in [5.74, 6) is -2.26. The van der Waals surface area contributed by atoms with Crippen LogP contribution >= 0.6 is 11.5 Å². The highest BCUT2D eigenvalue weighted by atomic mass is 32.1. The van der Waals surface area contributed by atoms with Crippen LogP contribution in [0.15, 0.2) is 36.5 Å². The summed E-state index contributed by atoms with van der Waals surface area (Å²) in [6, 6.07) is 7.28. The van der Waals surface area contributed by atoms with Gasteiger partial charge in [-0.15, -0.1) is 0 Å². The van der Waals surface area contributed by atoms with Gasteiger partial charge in [0, 0.05) is 23.2 Å². The molecule has 0 saturated carbocycles. The summed E-state index contributed by atoms with van der Waals surface area (Å²) in [6.07, 6.45) is 2.58. The molecule has 9 nitrogen and oxygen atoms in total. The lowest BCUT2D eigenvalue weighted by Gasteiger charge is -2.25. The van der Waals surface area contributed by atoms with Gasteiger partial charge in [0.05, 0.1) is 6.04 Å². The number of rotatable bonds is 6. The molecule has 3 rings (SSSR count). The lowest BCUT2D eigenvalue weighted by molar-refractivity contribution is -0.140. The van der Waals surface area contributed by atoms with Crippen molar-refractivity contribution in [3.63, 3.8) is 0 Å². The highest BCUT2D eigenvalue weighted by molar-refractivity contribution is 7.05. The Morgan fingerprint density at radius 3 is 2.73 bits per heavy atom. The van der Waals surface area contributed by atoms with E-state index in [0.717, 1.165) is 16.0 Å². The van der Waals surface area contributed by atoms with E-state index in [0.29, 0.717) is 19.3 Å². The van der Waals surface area contributed by atoms with E-state index in [-0.39, 0.29) is 19.1 Å². The third-order valence-corrected chi connectivity index (χ3v) is 6.26. The first-order valence-corrected chi connectivity index (χ1v) is 11.6. The summed E-state index contributed by atoms with van der Waals surface area (Å²) in [7, 11) is 0. The number of carbonyl (C=O) groups excluding carboxylic acids is 4. The van der Waals surface area contributed by atoms with Crippen LogP contribution in [0.4, 0.5) is 4.79 Å². The fourth-order valence-corrected chi connectivity index (χ4v) is 4.26. The van der Waals surface area contributed by atoms with Crippen LogP contribution in [-0.4, -0.2) is 40.1 Å². The van der Waals surface area contributed by atoms with Crippen LogP contribution < -0.4 is 16.0 Å². The van der Waals surface area contributed by atoms with E-state index < -0.39 is 35.8 Å². The molecule has 1 aromatic heterocycles. The third-order valence-electron chi connectivity index (χ3n) is 5.36. The predicted molar refractivity (Wildman–Crippen MR) is 122 cm³/mol. The summed E-state index contributed by atoms with van der Waals surface area (Å²) in [4.78, 5) is 51.3. The lowest BCUT2D eigenvalue weighted by Crippen LogP contribution is -2.55. The molecule has 176 valence electrons. The molecule has 2 atom stereocenters. The Kier molecular flexibility index (Phi) is 8.53. The number of aromatic nitrogens is 1. The van der Waals surface area contributed by atoms with Crippen molar-refractivity contribution in [3.05, 3.63) is 52.5 Å². The van der Waals surface area contributed by atoms with Gasteiger partial charge in [-0.05, 0) is 42.3 Å². The minimum Gasteiger partial charge on any atom is -0.445 e. The number of Topliss-reactive ketones (excluding diaryl/α,β-unsaturated/α-hetero) is 1. The van der Waals surface area contributed by atoms with E-state index in [1.807, 2.05) is 30.3 Å². The summed E-state index contributed by atoms with van der Waals surface area (Å²) in [5, 5.41) is 7.83. The number of hydrogen-bond acceptors (Lipinski definition) is 7. The molecule has 3 amide bonds. The maximum absolute atomic E-state index is 13.0. The fraction of sp³-hybridized carbons (Fsp3) is 0.435. The van der Waals surface area contributed by atoms with Crippen LogP contribution in [0.3, 0.4) is 0 Å². The van der Waals surface area contributed by atoms with Gasteiger partial charge in [-0.1, -0.05) is 44.2 Å². The topological polar surface area (TPSA) is 126 Å². The Morgan fingerprint density at radius 2 is 2.00 bits per heavy atom. The number of benzene rings is 1. The molecule has 0 saturated heterocycles. The largest absolute Gasteiger partial charge is 0.445 e. The average molecular weight is 473 g/mol. The number of fused-ring (bicyclic) bond motifs is 1. The van der Waals surface area contributed by atoms with E-state index in [9.17, 15) is 19.2 Å². The predicted octanol–water partition coefficient (Wildman–Crippen LogP) is 2.10. The number of amides is 3. The van der Waals surface area contributed by atoms with Crippen LogP contribution in [0.2, 0.25) is 0 Å². The second kappa shape index (κ2) is 11.6. The van der Waals surface area contributed by atoms with Gasteiger partial charge in [0.1, 0.15) is 12.6 Å². The Morgan fingerprint density at radius 1 is 1.24 bits per heavy atom. The molecule has 1 aliphatic rings. The molecular formula is C23H28N4O5S. The summed E-state index contributed by atoms with van der Waals surface area (Å²) >= 11 is 1.36. The van der Waals surface area contributed by atoms with Crippen molar-refractivity contribution in [2.75, 3.05) is 0 Å². The molecular weight excluding hydrogens is 444 g/mol. The first-order valence-electron chi connectivity index (χ1n) is 10.9. The fourth-order valence-electron chi connectivity index (χ4n) is 3.48. The number of ether oxygens (including phenoxy) is 1. The van der Waals surface area contributed by atoms with Crippen molar-refractivity contribution in [1.82, 2.24) is 20.3 Å². The molecule has 1 aliphatic heterocycles. The standard InChI is InChI=1S/C23H28N4O5S/c1-14(2)19(27-23(31)32-13-15-7-4-3-5-8-15)21(29)26-17-9-6-10-18-16(12-25-33-18)11-24-22(30)20(17)28/h3-5,7-8,12,14,17,19H,6,9-11,13H2,1-2H3,(H,24,30)(H,26,29)(H,27,31). The summed E-state index contributed by atoms with van der Waals surface area (Å²) in [5.41, 5.74) is 1.72. The van der Waals surface area contributed by atoms with Crippen molar-refractivity contribution in [3.8, 4) is 0 Å². The molecule has 3 N–H and O–H groups in total. The SMILES string of the molecule is CC(C)C(NC(=O)OCc1ccccc1)C(=O)NC1CCCc2sncc2CNC(=O)C1=O. The molecule has 0 aliphatic carbocycles. The van der Waals surface area contributed by atoms with Crippen molar-refractivity contribution >= 4 is 35.2 Å². The van der Waals surface area contributed by atoms with Crippen LogP contribution in [0.1, 0.15) is 42.7 Å². The molecule has 10 heteroatoms. The highest BCUT2D eigenvalue weighted by Gasteiger charge is 2.32. The van der Waals surface area contributed by atoms with E-state index >= 15 is 0 Å². The van der Waals surface area contributed by atoms with E-state index in [1.165, 1.54) is 11.5 Å². The van der Waals surface area contributed by atoms with Crippen molar-refractivity contribution in [1.29, 1.82) is 0 Å². The third kappa shape index (κ3) is 6.85. The Balaban J connectivity index is 1.61. The molecule has 0 radical (unpaired) electrons. The number of ketones is 1. The molecule has 2 aromatic rings. The molecule has 2 unspecified atom stereocenters. The molecule has 0 spiro atoms. The van der Waals surface area contributed by atoms with Gasteiger partial charge in [-0.2, -0.15) is 0 Å². The maximum Gasteiger partial charge on any atom is 0.408 e. The maximum atomic E-state index is 13.0. The minimum absolute atomic E-state index is 0.0694. The Bertz CT molecular complexity index is 992. The van der Waals surface area contributed by atoms with Gasteiger partial charge in [0.2, 0.25) is 11.7 Å². The number of nitrogens with one attached hydrogen (secondary N) is 3. The van der Waals surface area contributed by atoms with Crippen molar-refractivity contribution in [2.45, 2.75) is 58.3 Å². The monoisotopic (exact) mass is 472 g/mol. The molecule has 2 heterocycles. The van der Waals surface area contributed by atoms with Crippen LogP contribution in [0.25, 0.3) is 0 Å². The first-order chi connectivity index (χ1) is 15.8. The van der Waals surface area contributed by atoms with Gasteiger partial charge in [0.15, 0.2) is 0 Å². The zero-order valence-electron chi connectivity index (χ0n) is 18.6. The van der Waals surface area contributed by atoms with Crippen molar-refractivity contribution < 1.29 is 23.9 Å². The Hall–Kier alpha value is -3.27. The Labute approximate surface area is 196 Å². The summed E-state index contributed by atoms with van der Waals surface area (Å²) < 4.78 is 9.36.